The number of methoxy groups -OCH3 is 1. The molecule has 8 heteroatoms. The van der Waals surface area contributed by atoms with Gasteiger partial charge < -0.3 is 24.7 Å². The Morgan fingerprint density at radius 1 is 1.06 bits per heavy atom. The highest BCUT2D eigenvalue weighted by Crippen LogP contribution is 2.31. The van der Waals surface area contributed by atoms with Crippen LogP contribution < -0.4 is 25.9 Å². The maximum absolute atomic E-state index is 12.2. The number of hydrogen-bond donors (Lipinski definition) is 2. The topological polar surface area (TPSA) is 92.5 Å². The van der Waals surface area contributed by atoms with E-state index in [2.05, 4.69) is 25.5 Å². The van der Waals surface area contributed by atoms with E-state index >= 15 is 0 Å². The molecule has 2 N–H and O–H groups in total. The standard InChI is InChI=1S/C24H23N5O3/c1-31-21-5-3-2-4-17(21)19-13-23(27-15-26-19)28-16-6-7-18-20(29-10-8-25-9-11-29)14-24(30)32-22(18)12-16/h2-7,12-15,25H,8-11H2,1H3,(H,26,27,28). The zero-order valence-corrected chi connectivity index (χ0v) is 17.7. The van der Waals surface area contributed by atoms with Gasteiger partial charge in [0.2, 0.25) is 0 Å². The zero-order chi connectivity index (χ0) is 21.9. The Kier molecular flexibility index (Phi) is 5.43. The van der Waals surface area contributed by atoms with Gasteiger partial charge in [-0.25, -0.2) is 14.8 Å². The van der Waals surface area contributed by atoms with Crippen molar-refractivity contribution in [1.29, 1.82) is 0 Å². The first-order chi connectivity index (χ1) is 15.7. The molecule has 0 amide bonds. The molecule has 0 saturated carbocycles. The van der Waals surface area contributed by atoms with Gasteiger partial charge in [-0.05, 0) is 24.3 Å². The summed E-state index contributed by atoms with van der Waals surface area (Å²) in [5.41, 5.74) is 3.48. The lowest BCUT2D eigenvalue weighted by Crippen LogP contribution is -2.43. The van der Waals surface area contributed by atoms with Gasteiger partial charge in [0.05, 0.1) is 18.5 Å². The molecule has 4 aromatic rings. The minimum Gasteiger partial charge on any atom is -0.496 e. The van der Waals surface area contributed by atoms with Gasteiger partial charge in [0.15, 0.2) is 0 Å². The Labute approximate surface area is 184 Å². The second-order valence-corrected chi connectivity index (χ2v) is 7.51. The van der Waals surface area contributed by atoms with Crippen LogP contribution in [-0.2, 0) is 0 Å². The highest BCUT2D eigenvalue weighted by Gasteiger charge is 2.16. The van der Waals surface area contributed by atoms with E-state index in [1.54, 1.807) is 13.2 Å². The Morgan fingerprint density at radius 3 is 2.75 bits per heavy atom. The monoisotopic (exact) mass is 429 g/mol. The van der Waals surface area contributed by atoms with Crippen LogP contribution in [0.15, 0.2) is 70.1 Å². The predicted octanol–water partition coefficient (Wildman–Crippen LogP) is 3.41. The summed E-state index contributed by atoms with van der Waals surface area (Å²) < 4.78 is 11.0. The maximum Gasteiger partial charge on any atom is 0.338 e. The minimum absolute atomic E-state index is 0.358. The number of ether oxygens (including phenoxy) is 1. The third kappa shape index (κ3) is 4.00. The first kappa shape index (κ1) is 20.0. The number of benzene rings is 2. The van der Waals surface area contributed by atoms with Crippen LogP contribution in [0, 0.1) is 0 Å². The summed E-state index contributed by atoms with van der Waals surface area (Å²) in [7, 11) is 1.64. The van der Waals surface area contributed by atoms with Crippen molar-refractivity contribution in [2.75, 3.05) is 43.5 Å². The minimum atomic E-state index is -0.358. The second kappa shape index (κ2) is 8.68. The quantitative estimate of drug-likeness (QED) is 0.466. The first-order valence-corrected chi connectivity index (χ1v) is 10.5. The number of anilines is 3. The van der Waals surface area contributed by atoms with Crippen LogP contribution in [0.4, 0.5) is 17.2 Å². The van der Waals surface area contributed by atoms with Gasteiger partial charge in [-0.3, -0.25) is 0 Å². The molecule has 1 aliphatic heterocycles. The van der Waals surface area contributed by atoms with E-state index in [0.717, 1.165) is 59.9 Å². The molecule has 0 radical (unpaired) electrons. The predicted molar refractivity (Wildman–Crippen MR) is 125 cm³/mol. The molecule has 0 aliphatic carbocycles. The number of nitrogens with one attached hydrogen (secondary N) is 2. The van der Waals surface area contributed by atoms with Crippen LogP contribution in [-0.4, -0.2) is 43.3 Å². The Balaban J connectivity index is 1.47. The average molecular weight is 429 g/mol. The Hall–Kier alpha value is -3.91. The fourth-order valence-electron chi connectivity index (χ4n) is 3.97. The zero-order valence-electron chi connectivity index (χ0n) is 17.7. The number of para-hydroxylation sites is 1. The van der Waals surface area contributed by atoms with Crippen molar-refractivity contribution < 1.29 is 9.15 Å². The lowest BCUT2D eigenvalue weighted by Gasteiger charge is -2.30. The van der Waals surface area contributed by atoms with Crippen molar-refractivity contribution in [1.82, 2.24) is 15.3 Å². The molecule has 0 bridgehead atoms. The summed E-state index contributed by atoms with van der Waals surface area (Å²) in [5, 5.41) is 7.53. The molecule has 162 valence electrons. The molecule has 1 saturated heterocycles. The number of aromatic nitrogens is 2. The number of nitrogens with zero attached hydrogens (tertiary/aromatic N) is 3. The van der Waals surface area contributed by atoms with Crippen LogP contribution in [0.1, 0.15) is 0 Å². The molecular formula is C24H23N5O3. The summed E-state index contributed by atoms with van der Waals surface area (Å²) in [6, 6.07) is 16.9. The van der Waals surface area contributed by atoms with Crippen LogP contribution in [0.2, 0.25) is 0 Å². The smallest absolute Gasteiger partial charge is 0.338 e. The Bertz CT molecular complexity index is 1310. The third-order valence-corrected chi connectivity index (χ3v) is 5.50. The molecular weight excluding hydrogens is 406 g/mol. The Morgan fingerprint density at radius 2 is 1.91 bits per heavy atom. The van der Waals surface area contributed by atoms with Crippen LogP contribution in [0.25, 0.3) is 22.2 Å². The van der Waals surface area contributed by atoms with Gasteiger partial charge >= 0.3 is 5.63 Å². The summed E-state index contributed by atoms with van der Waals surface area (Å²) in [5.74, 6) is 1.37. The van der Waals surface area contributed by atoms with Crippen molar-refractivity contribution in [2.45, 2.75) is 0 Å². The van der Waals surface area contributed by atoms with E-state index in [9.17, 15) is 4.79 Å². The number of hydrogen-bond acceptors (Lipinski definition) is 8. The van der Waals surface area contributed by atoms with Gasteiger partial charge in [-0.2, -0.15) is 0 Å². The molecule has 0 spiro atoms. The number of piperazine rings is 1. The summed E-state index contributed by atoms with van der Waals surface area (Å²) in [4.78, 5) is 23.1. The summed E-state index contributed by atoms with van der Waals surface area (Å²) in [6.07, 6.45) is 1.51. The highest BCUT2D eigenvalue weighted by atomic mass is 16.5. The lowest BCUT2D eigenvalue weighted by atomic mass is 10.1. The molecule has 1 aliphatic rings. The number of fused-ring (bicyclic) bond motifs is 1. The van der Waals surface area contributed by atoms with Gasteiger partial charge in [-0.1, -0.05) is 12.1 Å². The second-order valence-electron chi connectivity index (χ2n) is 7.51. The first-order valence-electron chi connectivity index (χ1n) is 10.5. The van der Waals surface area contributed by atoms with E-state index in [1.807, 2.05) is 48.5 Å². The van der Waals surface area contributed by atoms with Crippen molar-refractivity contribution in [3.8, 4) is 17.0 Å². The molecule has 8 nitrogen and oxygen atoms in total. The molecule has 2 aromatic carbocycles. The average Bonchev–Trinajstić information content (AvgIpc) is 2.84. The van der Waals surface area contributed by atoms with E-state index < -0.39 is 0 Å². The largest absolute Gasteiger partial charge is 0.496 e. The SMILES string of the molecule is COc1ccccc1-c1cc(Nc2ccc3c(N4CCNCC4)cc(=O)oc3c2)ncn1. The van der Waals surface area contributed by atoms with Crippen molar-refractivity contribution in [2.24, 2.45) is 0 Å². The van der Waals surface area contributed by atoms with Gasteiger partial charge in [0, 0.05) is 61.0 Å². The molecule has 0 atom stereocenters. The maximum atomic E-state index is 12.2. The highest BCUT2D eigenvalue weighted by molar-refractivity contribution is 5.92. The summed E-state index contributed by atoms with van der Waals surface area (Å²) >= 11 is 0. The fourth-order valence-corrected chi connectivity index (χ4v) is 3.97. The van der Waals surface area contributed by atoms with Gasteiger partial charge in [-0.15, -0.1) is 0 Å². The molecule has 1 fully saturated rings. The van der Waals surface area contributed by atoms with Crippen LogP contribution >= 0.6 is 0 Å². The van der Waals surface area contributed by atoms with E-state index in [-0.39, 0.29) is 5.63 Å². The molecule has 0 unspecified atom stereocenters. The van der Waals surface area contributed by atoms with E-state index in [0.29, 0.717) is 11.4 Å². The van der Waals surface area contributed by atoms with E-state index in [4.69, 9.17) is 9.15 Å². The lowest BCUT2D eigenvalue weighted by molar-refractivity contribution is 0.416. The fraction of sp³-hybridized carbons (Fsp3) is 0.208. The van der Waals surface area contributed by atoms with Crippen molar-refractivity contribution in [3.63, 3.8) is 0 Å². The van der Waals surface area contributed by atoms with Gasteiger partial charge in [0.1, 0.15) is 23.5 Å². The molecule has 2 aromatic heterocycles. The number of rotatable bonds is 5. The normalized spacial score (nSPS) is 13.8. The third-order valence-electron chi connectivity index (χ3n) is 5.50. The van der Waals surface area contributed by atoms with Crippen LogP contribution in [0.3, 0.4) is 0 Å². The van der Waals surface area contributed by atoms with Crippen molar-refractivity contribution >= 4 is 28.2 Å². The molecule has 5 rings (SSSR count). The van der Waals surface area contributed by atoms with Crippen LogP contribution in [0.5, 0.6) is 5.75 Å². The van der Waals surface area contributed by atoms with Gasteiger partial charge in [0.25, 0.3) is 0 Å². The van der Waals surface area contributed by atoms with Crippen molar-refractivity contribution in [3.05, 3.63) is 71.3 Å². The molecule has 32 heavy (non-hydrogen) atoms. The molecule has 3 heterocycles. The van der Waals surface area contributed by atoms with E-state index in [1.165, 1.54) is 6.33 Å². The summed E-state index contributed by atoms with van der Waals surface area (Å²) in [6.45, 7) is 3.49.